The summed E-state index contributed by atoms with van der Waals surface area (Å²) in [6, 6.07) is 3.73. The minimum Gasteiger partial charge on any atom is -0.300 e. The van der Waals surface area contributed by atoms with Crippen LogP contribution < -0.4 is 0 Å². The third-order valence-electron chi connectivity index (χ3n) is 2.49. The fourth-order valence-electron chi connectivity index (χ4n) is 1.75. The van der Waals surface area contributed by atoms with E-state index in [1.165, 1.54) is 18.2 Å². The molecular formula is C12H13F2N3S. The molecule has 0 saturated carbocycles. The van der Waals surface area contributed by atoms with Gasteiger partial charge in [0.15, 0.2) is 10.6 Å². The smallest absolute Gasteiger partial charge is 0.195 e. The molecule has 0 spiro atoms. The van der Waals surface area contributed by atoms with E-state index in [0.29, 0.717) is 17.2 Å². The molecular weight excluding hydrogens is 256 g/mol. The Bertz CT molecular complexity index is 596. The third kappa shape index (κ3) is 2.33. The maximum absolute atomic E-state index is 13.7. The first kappa shape index (κ1) is 12.9. The van der Waals surface area contributed by atoms with Crippen LogP contribution in [0.25, 0.3) is 11.4 Å². The van der Waals surface area contributed by atoms with Crippen LogP contribution in [0.5, 0.6) is 0 Å². The van der Waals surface area contributed by atoms with Gasteiger partial charge in [0.2, 0.25) is 0 Å². The Hall–Kier alpha value is -1.56. The Morgan fingerprint density at radius 2 is 1.94 bits per heavy atom. The number of H-pyrrole nitrogens is 1. The lowest BCUT2D eigenvalue weighted by Gasteiger charge is -2.10. The van der Waals surface area contributed by atoms with Crippen molar-refractivity contribution in [3.05, 3.63) is 34.6 Å². The van der Waals surface area contributed by atoms with Gasteiger partial charge in [0.25, 0.3) is 0 Å². The highest BCUT2D eigenvalue weighted by molar-refractivity contribution is 7.71. The van der Waals surface area contributed by atoms with Gasteiger partial charge >= 0.3 is 0 Å². The summed E-state index contributed by atoms with van der Waals surface area (Å²) in [7, 11) is 0. The summed E-state index contributed by atoms with van der Waals surface area (Å²) in [6.07, 6.45) is 0. The Labute approximate surface area is 108 Å². The van der Waals surface area contributed by atoms with Crippen LogP contribution in [0, 0.1) is 22.3 Å². The number of hydrogen-bond acceptors (Lipinski definition) is 2. The molecule has 96 valence electrons. The largest absolute Gasteiger partial charge is 0.300 e. The van der Waals surface area contributed by atoms with Crippen molar-refractivity contribution in [3.63, 3.8) is 0 Å². The number of aromatic amines is 1. The normalized spacial score (nSPS) is 11.2. The Morgan fingerprint density at radius 1 is 1.33 bits per heavy atom. The van der Waals surface area contributed by atoms with Crippen molar-refractivity contribution in [1.82, 2.24) is 14.8 Å². The monoisotopic (exact) mass is 269 g/mol. The van der Waals surface area contributed by atoms with Crippen LogP contribution in [0.3, 0.4) is 0 Å². The molecule has 0 saturated heterocycles. The molecule has 1 aromatic carbocycles. The van der Waals surface area contributed by atoms with E-state index >= 15 is 0 Å². The lowest BCUT2D eigenvalue weighted by molar-refractivity contribution is 0.517. The fraction of sp³-hybridized carbons (Fsp3) is 0.333. The van der Waals surface area contributed by atoms with E-state index in [-0.39, 0.29) is 11.4 Å². The number of nitrogens with zero attached hydrogens (tertiary/aromatic N) is 2. The second-order valence-corrected chi connectivity index (χ2v) is 4.84. The van der Waals surface area contributed by atoms with Gasteiger partial charge in [-0.15, -0.1) is 0 Å². The van der Waals surface area contributed by atoms with Crippen molar-refractivity contribution >= 4 is 12.2 Å². The van der Waals surface area contributed by atoms with Crippen LogP contribution in [-0.2, 0) is 6.54 Å². The molecule has 0 aliphatic heterocycles. The van der Waals surface area contributed by atoms with E-state index in [0.717, 1.165) is 0 Å². The topological polar surface area (TPSA) is 33.6 Å². The molecule has 0 atom stereocenters. The molecule has 0 radical (unpaired) electrons. The van der Waals surface area contributed by atoms with Crippen LogP contribution in [0.15, 0.2) is 18.2 Å². The van der Waals surface area contributed by atoms with Crippen LogP contribution in [0.1, 0.15) is 13.8 Å². The van der Waals surface area contributed by atoms with Crippen LogP contribution >= 0.6 is 12.2 Å². The molecule has 6 heteroatoms. The van der Waals surface area contributed by atoms with E-state index < -0.39 is 11.6 Å². The summed E-state index contributed by atoms with van der Waals surface area (Å²) in [4.78, 5) is 0. The average molecular weight is 269 g/mol. The molecule has 2 aromatic rings. The molecule has 0 fully saturated rings. The van der Waals surface area contributed by atoms with Crippen molar-refractivity contribution < 1.29 is 8.78 Å². The van der Waals surface area contributed by atoms with E-state index in [9.17, 15) is 8.78 Å². The third-order valence-corrected chi connectivity index (χ3v) is 2.80. The molecule has 0 aliphatic carbocycles. The minimum absolute atomic E-state index is 0.148. The average Bonchev–Trinajstić information content (AvgIpc) is 2.61. The van der Waals surface area contributed by atoms with Gasteiger partial charge < -0.3 is 0 Å². The summed E-state index contributed by atoms with van der Waals surface area (Å²) in [6.45, 7) is 4.55. The highest BCUT2D eigenvalue weighted by Gasteiger charge is 2.18. The Balaban J connectivity index is 2.61. The quantitative estimate of drug-likeness (QED) is 0.865. The number of benzene rings is 1. The van der Waals surface area contributed by atoms with Gasteiger partial charge in [0, 0.05) is 6.54 Å². The second kappa shape index (κ2) is 4.97. The van der Waals surface area contributed by atoms with Gasteiger partial charge in [0.1, 0.15) is 11.6 Å². The highest BCUT2D eigenvalue weighted by atomic mass is 32.1. The molecule has 18 heavy (non-hydrogen) atoms. The van der Waals surface area contributed by atoms with E-state index in [1.54, 1.807) is 4.57 Å². The van der Waals surface area contributed by atoms with Crippen molar-refractivity contribution in [3.8, 4) is 11.4 Å². The molecule has 1 aromatic heterocycles. The van der Waals surface area contributed by atoms with Gasteiger partial charge in [-0.3, -0.25) is 9.67 Å². The second-order valence-electron chi connectivity index (χ2n) is 4.45. The lowest BCUT2D eigenvalue weighted by Crippen LogP contribution is -2.08. The maximum Gasteiger partial charge on any atom is 0.195 e. The zero-order valence-corrected chi connectivity index (χ0v) is 10.9. The van der Waals surface area contributed by atoms with Gasteiger partial charge in [-0.05, 0) is 30.3 Å². The molecule has 0 unspecified atom stereocenters. The molecule has 0 aliphatic rings. The number of rotatable bonds is 3. The van der Waals surface area contributed by atoms with Gasteiger partial charge in [-0.2, -0.15) is 5.10 Å². The predicted octanol–water partition coefficient (Wildman–Crippen LogP) is 3.54. The van der Waals surface area contributed by atoms with E-state index in [2.05, 4.69) is 10.2 Å². The van der Waals surface area contributed by atoms with E-state index in [1.807, 2.05) is 13.8 Å². The molecule has 1 heterocycles. The first-order valence-corrected chi connectivity index (χ1v) is 6.01. The van der Waals surface area contributed by atoms with Crippen LogP contribution in [-0.4, -0.2) is 14.8 Å². The van der Waals surface area contributed by atoms with Crippen molar-refractivity contribution in [2.45, 2.75) is 20.4 Å². The van der Waals surface area contributed by atoms with Crippen LogP contribution in [0.4, 0.5) is 8.78 Å². The zero-order chi connectivity index (χ0) is 13.3. The summed E-state index contributed by atoms with van der Waals surface area (Å²) >= 11 is 5.08. The number of nitrogens with one attached hydrogen (secondary N) is 1. The molecule has 2 rings (SSSR count). The summed E-state index contributed by atoms with van der Waals surface area (Å²) in [5.41, 5.74) is -0.148. The maximum atomic E-state index is 13.7. The molecule has 0 amide bonds. The van der Waals surface area contributed by atoms with Crippen molar-refractivity contribution in [1.29, 1.82) is 0 Å². The summed E-state index contributed by atoms with van der Waals surface area (Å²) in [5.74, 6) is -0.796. The lowest BCUT2D eigenvalue weighted by atomic mass is 10.1. The Kier molecular flexibility index (Phi) is 3.56. The first-order chi connectivity index (χ1) is 8.50. The fourth-order valence-corrected chi connectivity index (χ4v) is 1.96. The van der Waals surface area contributed by atoms with Crippen LogP contribution in [0.2, 0.25) is 0 Å². The molecule has 3 nitrogen and oxygen atoms in total. The number of aromatic nitrogens is 3. The van der Waals surface area contributed by atoms with Crippen molar-refractivity contribution in [2.24, 2.45) is 5.92 Å². The molecule has 1 N–H and O–H groups in total. The zero-order valence-electron chi connectivity index (χ0n) is 10.1. The minimum atomic E-state index is -0.644. The highest BCUT2D eigenvalue weighted by Crippen LogP contribution is 2.24. The van der Waals surface area contributed by atoms with Gasteiger partial charge in [0.05, 0.1) is 5.56 Å². The summed E-state index contributed by atoms with van der Waals surface area (Å²) < 4.78 is 29.4. The SMILES string of the molecule is CC(C)Cn1c(-c2c(F)cccc2F)n[nH]c1=S. The van der Waals surface area contributed by atoms with E-state index in [4.69, 9.17) is 12.2 Å². The van der Waals surface area contributed by atoms with Gasteiger partial charge in [-0.1, -0.05) is 19.9 Å². The predicted molar refractivity (Wildman–Crippen MR) is 67.6 cm³/mol. The molecule has 0 bridgehead atoms. The Morgan fingerprint density at radius 3 is 2.50 bits per heavy atom. The summed E-state index contributed by atoms with van der Waals surface area (Å²) in [5, 5.41) is 6.50. The first-order valence-electron chi connectivity index (χ1n) is 5.60. The number of hydrogen-bond donors (Lipinski definition) is 1. The number of halogens is 2. The van der Waals surface area contributed by atoms with Gasteiger partial charge in [-0.25, -0.2) is 8.78 Å². The standard InChI is InChI=1S/C12H13F2N3S/c1-7(2)6-17-11(15-16-12(17)18)10-8(13)4-3-5-9(10)14/h3-5,7H,6H2,1-2H3,(H,16,18). The van der Waals surface area contributed by atoms with Crippen molar-refractivity contribution in [2.75, 3.05) is 0 Å².